The van der Waals surface area contributed by atoms with Crippen LogP contribution in [0.3, 0.4) is 0 Å². The van der Waals surface area contributed by atoms with E-state index in [1.54, 1.807) is 18.5 Å². The predicted molar refractivity (Wildman–Crippen MR) is 85.0 cm³/mol. The van der Waals surface area contributed by atoms with Crippen molar-refractivity contribution in [3.05, 3.63) is 46.9 Å². The molecule has 0 aliphatic rings. The van der Waals surface area contributed by atoms with Gasteiger partial charge in [-0.25, -0.2) is 4.98 Å². The molecular weight excluding hydrogens is 288 g/mol. The average molecular weight is 305 g/mol. The third kappa shape index (κ3) is 4.16. The summed E-state index contributed by atoms with van der Waals surface area (Å²) in [6.07, 6.45) is 5.77. The number of hydrogen-bond acceptors (Lipinski definition) is 4. The van der Waals surface area contributed by atoms with E-state index < -0.39 is 0 Å². The van der Waals surface area contributed by atoms with Gasteiger partial charge in [0.1, 0.15) is 5.82 Å². The van der Waals surface area contributed by atoms with Gasteiger partial charge in [-0.1, -0.05) is 18.5 Å². The summed E-state index contributed by atoms with van der Waals surface area (Å²) < 4.78 is 0. The minimum Gasteiger partial charge on any atom is -0.370 e. The predicted octanol–water partition coefficient (Wildman–Crippen LogP) is 3.51. The van der Waals surface area contributed by atoms with Crippen molar-refractivity contribution in [3.8, 4) is 0 Å². The number of halogens is 1. The summed E-state index contributed by atoms with van der Waals surface area (Å²) in [6, 6.07) is 3.49. The van der Waals surface area contributed by atoms with E-state index in [1.807, 2.05) is 13.0 Å². The molecular formula is C15H17ClN4O. The Kier molecular flexibility index (Phi) is 5.11. The second kappa shape index (κ2) is 7.04. The third-order valence-electron chi connectivity index (χ3n) is 2.79. The van der Waals surface area contributed by atoms with Crippen molar-refractivity contribution in [1.29, 1.82) is 0 Å². The number of hydrogen-bond donors (Lipinski definition) is 2. The Morgan fingerprint density at radius 3 is 2.81 bits per heavy atom. The van der Waals surface area contributed by atoms with Crippen LogP contribution in [0.25, 0.3) is 0 Å². The van der Waals surface area contributed by atoms with Gasteiger partial charge in [0, 0.05) is 18.9 Å². The number of amides is 1. The molecule has 2 N–H and O–H groups in total. The van der Waals surface area contributed by atoms with Crippen molar-refractivity contribution >= 4 is 29.0 Å². The zero-order valence-electron chi connectivity index (χ0n) is 12.0. The van der Waals surface area contributed by atoms with Crippen LogP contribution in [0.1, 0.15) is 29.3 Å². The normalized spacial score (nSPS) is 10.2. The zero-order valence-corrected chi connectivity index (χ0v) is 12.7. The molecule has 0 atom stereocenters. The third-order valence-corrected chi connectivity index (χ3v) is 3.09. The lowest BCUT2D eigenvalue weighted by Crippen LogP contribution is -2.14. The molecule has 0 unspecified atom stereocenters. The van der Waals surface area contributed by atoms with Gasteiger partial charge in [-0.15, -0.1) is 0 Å². The van der Waals surface area contributed by atoms with Crippen molar-refractivity contribution in [2.24, 2.45) is 0 Å². The molecule has 0 aliphatic heterocycles. The van der Waals surface area contributed by atoms with Gasteiger partial charge < -0.3 is 10.6 Å². The van der Waals surface area contributed by atoms with Crippen LogP contribution in [0.2, 0.25) is 5.02 Å². The number of anilines is 2. The van der Waals surface area contributed by atoms with E-state index in [2.05, 4.69) is 27.5 Å². The minimum atomic E-state index is -0.283. The van der Waals surface area contributed by atoms with Gasteiger partial charge in [-0.05, 0) is 31.0 Å². The first kappa shape index (κ1) is 15.3. The fourth-order valence-corrected chi connectivity index (χ4v) is 1.97. The standard InChI is InChI=1S/C15H17ClN4O/c1-3-4-18-14-6-12(13(16)9-19-14)15(21)20-11-5-10(2)7-17-8-11/h5-9H,3-4H2,1-2H3,(H,18,19)(H,20,21). The van der Waals surface area contributed by atoms with E-state index in [4.69, 9.17) is 11.6 Å². The van der Waals surface area contributed by atoms with Crippen molar-refractivity contribution in [2.45, 2.75) is 20.3 Å². The number of aromatic nitrogens is 2. The quantitative estimate of drug-likeness (QED) is 0.887. The van der Waals surface area contributed by atoms with Gasteiger partial charge in [0.15, 0.2) is 0 Å². The molecule has 1 amide bonds. The number of carbonyl (C=O) groups is 1. The van der Waals surface area contributed by atoms with E-state index in [-0.39, 0.29) is 5.91 Å². The SMILES string of the molecule is CCCNc1cc(C(=O)Nc2cncc(C)c2)c(Cl)cn1. The molecule has 110 valence electrons. The first-order chi connectivity index (χ1) is 10.1. The van der Waals surface area contributed by atoms with Gasteiger partial charge in [-0.3, -0.25) is 9.78 Å². The van der Waals surface area contributed by atoms with Crippen LogP contribution in [-0.2, 0) is 0 Å². The highest BCUT2D eigenvalue weighted by atomic mass is 35.5. The molecule has 0 aromatic carbocycles. The Bertz CT molecular complexity index is 645. The van der Waals surface area contributed by atoms with Crippen LogP contribution in [0.15, 0.2) is 30.7 Å². The Morgan fingerprint density at radius 1 is 1.29 bits per heavy atom. The van der Waals surface area contributed by atoms with Crippen molar-refractivity contribution in [1.82, 2.24) is 9.97 Å². The maximum absolute atomic E-state index is 12.3. The van der Waals surface area contributed by atoms with Crippen LogP contribution in [0, 0.1) is 6.92 Å². The lowest BCUT2D eigenvalue weighted by Gasteiger charge is -2.09. The fraction of sp³-hybridized carbons (Fsp3) is 0.267. The first-order valence-corrected chi connectivity index (χ1v) is 7.10. The maximum atomic E-state index is 12.3. The molecule has 2 rings (SSSR count). The Hall–Kier alpha value is -2.14. The molecule has 0 bridgehead atoms. The molecule has 0 spiro atoms. The number of nitrogens with zero attached hydrogens (tertiary/aromatic N) is 2. The van der Waals surface area contributed by atoms with E-state index >= 15 is 0 Å². The largest absolute Gasteiger partial charge is 0.370 e. The highest BCUT2D eigenvalue weighted by molar-refractivity contribution is 6.34. The van der Waals surface area contributed by atoms with E-state index in [0.29, 0.717) is 22.1 Å². The Morgan fingerprint density at radius 2 is 2.10 bits per heavy atom. The number of nitrogens with one attached hydrogen (secondary N) is 2. The van der Waals surface area contributed by atoms with Crippen LogP contribution in [0.5, 0.6) is 0 Å². The fourth-order valence-electron chi connectivity index (χ4n) is 1.78. The molecule has 5 nitrogen and oxygen atoms in total. The Balaban J connectivity index is 2.18. The summed E-state index contributed by atoms with van der Waals surface area (Å²) in [6.45, 7) is 4.76. The van der Waals surface area contributed by atoms with E-state index in [0.717, 1.165) is 18.5 Å². The lowest BCUT2D eigenvalue weighted by molar-refractivity contribution is 0.102. The van der Waals surface area contributed by atoms with E-state index in [9.17, 15) is 4.79 Å². The summed E-state index contributed by atoms with van der Waals surface area (Å²) in [5.41, 5.74) is 1.99. The van der Waals surface area contributed by atoms with E-state index in [1.165, 1.54) is 6.20 Å². The number of pyridine rings is 2. The number of carbonyl (C=O) groups excluding carboxylic acids is 1. The second-order valence-electron chi connectivity index (χ2n) is 4.68. The molecule has 0 radical (unpaired) electrons. The second-order valence-corrected chi connectivity index (χ2v) is 5.09. The summed E-state index contributed by atoms with van der Waals surface area (Å²) in [5, 5.41) is 6.22. The highest BCUT2D eigenvalue weighted by Crippen LogP contribution is 2.20. The molecule has 0 saturated carbocycles. The number of aryl methyl sites for hydroxylation is 1. The highest BCUT2D eigenvalue weighted by Gasteiger charge is 2.12. The summed E-state index contributed by atoms with van der Waals surface area (Å²) >= 11 is 6.06. The van der Waals surface area contributed by atoms with Crippen molar-refractivity contribution < 1.29 is 4.79 Å². The topological polar surface area (TPSA) is 66.9 Å². The van der Waals surface area contributed by atoms with Crippen molar-refractivity contribution in [2.75, 3.05) is 17.2 Å². The monoisotopic (exact) mass is 304 g/mol. The van der Waals surface area contributed by atoms with Gasteiger partial charge in [0.2, 0.25) is 0 Å². The summed E-state index contributed by atoms with van der Waals surface area (Å²) in [5.74, 6) is 0.350. The molecule has 0 fully saturated rings. The smallest absolute Gasteiger partial charge is 0.257 e. The molecule has 0 aliphatic carbocycles. The number of rotatable bonds is 5. The van der Waals surface area contributed by atoms with Gasteiger partial charge in [-0.2, -0.15) is 0 Å². The molecule has 2 heterocycles. The van der Waals surface area contributed by atoms with Crippen LogP contribution >= 0.6 is 11.6 Å². The zero-order chi connectivity index (χ0) is 15.2. The van der Waals surface area contributed by atoms with Crippen LogP contribution < -0.4 is 10.6 Å². The molecule has 0 saturated heterocycles. The van der Waals surface area contributed by atoms with Gasteiger partial charge >= 0.3 is 0 Å². The average Bonchev–Trinajstić information content (AvgIpc) is 2.46. The summed E-state index contributed by atoms with van der Waals surface area (Å²) in [7, 11) is 0. The van der Waals surface area contributed by atoms with Crippen molar-refractivity contribution in [3.63, 3.8) is 0 Å². The Labute approximate surface area is 128 Å². The lowest BCUT2D eigenvalue weighted by atomic mass is 10.2. The molecule has 2 aromatic rings. The van der Waals surface area contributed by atoms with Gasteiger partial charge in [0.05, 0.1) is 22.5 Å². The molecule has 6 heteroatoms. The van der Waals surface area contributed by atoms with Crippen LogP contribution in [-0.4, -0.2) is 22.4 Å². The summed E-state index contributed by atoms with van der Waals surface area (Å²) in [4.78, 5) is 20.5. The van der Waals surface area contributed by atoms with Gasteiger partial charge in [0.25, 0.3) is 5.91 Å². The molecule has 2 aromatic heterocycles. The van der Waals surface area contributed by atoms with Crippen LogP contribution in [0.4, 0.5) is 11.5 Å². The first-order valence-electron chi connectivity index (χ1n) is 6.72. The minimum absolute atomic E-state index is 0.283. The maximum Gasteiger partial charge on any atom is 0.257 e. The molecule has 21 heavy (non-hydrogen) atoms.